The molecule has 1 aromatic rings. The first-order valence-electron chi connectivity index (χ1n) is 7.37. The van der Waals surface area contributed by atoms with Gasteiger partial charge in [-0.05, 0) is 24.0 Å². The van der Waals surface area contributed by atoms with Crippen LogP contribution in [-0.4, -0.2) is 42.4 Å². The van der Waals surface area contributed by atoms with E-state index in [-0.39, 0.29) is 5.91 Å². The second-order valence-corrected chi connectivity index (χ2v) is 6.31. The van der Waals surface area contributed by atoms with Crippen LogP contribution in [0.1, 0.15) is 33.5 Å². The fourth-order valence-electron chi connectivity index (χ4n) is 2.27. The zero-order valence-electron chi connectivity index (χ0n) is 13.4. The Balaban J connectivity index is 2.51. The van der Waals surface area contributed by atoms with Crippen LogP contribution < -0.4 is 0 Å². The van der Waals surface area contributed by atoms with Crippen LogP contribution in [0.4, 0.5) is 0 Å². The number of furan rings is 1. The third-order valence-corrected chi connectivity index (χ3v) is 3.00. The summed E-state index contributed by atoms with van der Waals surface area (Å²) in [5.41, 5.74) is 0. The van der Waals surface area contributed by atoms with Crippen LogP contribution in [0, 0.1) is 11.8 Å². The summed E-state index contributed by atoms with van der Waals surface area (Å²) in [5.74, 6) is 2.09. The third kappa shape index (κ3) is 6.24. The lowest BCUT2D eigenvalue weighted by atomic mass is 10.1. The molecule has 0 aliphatic heterocycles. The lowest BCUT2D eigenvalue weighted by Gasteiger charge is -2.27. The fraction of sp³-hybridized carbons (Fsp3) is 0.688. The quantitative estimate of drug-likeness (QED) is 0.734. The molecule has 1 aromatic heterocycles. The van der Waals surface area contributed by atoms with E-state index in [9.17, 15) is 4.79 Å². The number of hydrogen-bond acceptors (Lipinski definition) is 3. The smallest absolute Gasteiger partial charge is 0.236 e. The van der Waals surface area contributed by atoms with Gasteiger partial charge in [-0.25, -0.2) is 0 Å². The summed E-state index contributed by atoms with van der Waals surface area (Å²) in [6.45, 7) is 11.7. The van der Waals surface area contributed by atoms with Crippen molar-refractivity contribution in [3.05, 3.63) is 24.2 Å². The van der Waals surface area contributed by atoms with Gasteiger partial charge in [-0.1, -0.05) is 27.7 Å². The molecular formula is C16H28N2O2. The van der Waals surface area contributed by atoms with Crippen LogP contribution in [0.25, 0.3) is 0 Å². The van der Waals surface area contributed by atoms with Gasteiger partial charge in [0.1, 0.15) is 5.76 Å². The second-order valence-electron chi connectivity index (χ2n) is 6.31. The molecule has 0 saturated heterocycles. The highest BCUT2D eigenvalue weighted by atomic mass is 16.3. The SMILES string of the molecule is CC(C)CN(CC(=O)N(C)Cc1ccco1)CC(C)C. The molecule has 1 amide bonds. The summed E-state index contributed by atoms with van der Waals surface area (Å²) in [6.07, 6.45) is 1.64. The summed E-state index contributed by atoms with van der Waals surface area (Å²) in [6, 6.07) is 3.74. The Kier molecular flexibility index (Phi) is 6.79. The van der Waals surface area contributed by atoms with Crippen LogP contribution in [0.3, 0.4) is 0 Å². The van der Waals surface area contributed by atoms with Gasteiger partial charge in [-0.15, -0.1) is 0 Å². The predicted octanol–water partition coefficient (Wildman–Crippen LogP) is 2.85. The van der Waals surface area contributed by atoms with Crippen LogP contribution >= 0.6 is 0 Å². The maximum absolute atomic E-state index is 12.3. The normalized spacial score (nSPS) is 11.6. The van der Waals surface area contributed by atoms with Crippen molar-refractivity contribution in [2.75, 3.05) is 26.7 Å². The summed E-state index contributed by atoms with van der Waals surface area (Å²) >= 11 is 0. The van der Waals surface area contributed by atoms with E-state index in [1.807, 2.05) is 19.2 Å². The molecule has 0 unspecified atom stereocenters. The van der Waals surface area contributed by atoms with Crippen LogP contribution in [0.2, 0.25) is 0 Å². The van der Waals surface area contributed by atoms with Gasteiger partial charge in [0, 0.05) is 20.1 Å². The lowest BCUT2D eigenvalue weighted by molar-refractivity contribution is -0.132. The molecule has 114 valence electrons. The summed E-state index contributed by atoms with van der Waals surface area (Å²) < 4.78 is 5.28. The van der Waals surface area contributed by atoms with Crippen LogP contribution in [0.5, 0.6) is 0 Å². The number of hydrogen-bond donors (Lipinski definition) is 0. The Morgan fingerprint density at radius 2 is 1.80 bits per heavy atom. The number of amides is 1. The van der Waals surface area contributed by atoms with E-state index >= 15 is 0 Å². The average Bonchev–Trinajstić information content (AvgIpc) is 2.79. The molecular weight excluding hydrogens is 252 g/mol. The molecule has 1 rings (SSSR count). The van der Waals surface area contributed by atoms with Crippen molar-refractivity contribution in [3.8, 4) is 0 Å². The Morgan fingerprint density at radius 1 is 1.20 bits per heavy atom. The second kappa shape index (κ2) is 8.10. The van der Waals surface area contributed by atoms with Gasteiger partial charge >= 0.3 is 0 Å². The lowest BCUT2D eigenvalue weighted by Crippen LogP contribution is -2.41. The van der Waals surface area contributed by atoms with Crippen molar-refractivity contribution in [3.63, 3.8) is 0 Å². The molecule has 0 spiro atoms. The number of carbonyl (C=O) groups excluding carboxylic acids is 1. The molecule has 0 saturated carbocycles. The molecule has 4 heteroatoms. The standard InChI is InChI=1S/C16H28N2O2/c1-13(2)9-18(10-14(3)4)12-16(19)17(5)11-15-7-6-8-20-15/h6-8,13-14H,9-12H2,1-5H3. The Labute approximate surface area is 122 Å². The topological polar surface area (TPSA) is 36.7 Å². The summed E-state index contributed by atoms with van der Waals surface area (Å²) in [7, 11) is 1.83. The van der Waals surface area contributed by atoms with Crippen molar-refractivity contribution in [1.29, 1.82) is 0 Å². The molecule has 0 aliphatic rings. The van der Waals surface area contributed by atoms with Gasteiger partial charge in [0.2, 0.25) is 5.91 Å². The highest BCUT2D eigenvalue weighted by Crippen LogP contribution is 2.07. The molecule has 20 heavy (non-hydrogen) atoms. The van der Waals surface area contributed by atoms with Crippen LogP contribution in [-0.2, 0) is 11.3 Å². The average molecular weight is 280 g/mol. The zero-order chi connectivity index (χ0) is 15.1. The van der Waals surface area contributed by atoms with Gasteiger partial charge < -0.3 is 9.32 Å². The minimum Gasteiger partial charge on any atom is -0.467 e. The number of rotatable bonds is 8. The van der Waals surface area contributed by atoms with E-state index in [1.165, 1.54) is 0 Å². The Bertz CT molecular complexity index is 375. The number of likely N-dealkylation sites (N-methyl/N-ethyl adjacent to an activating group) is 1. The van der Waals surface area contributed by atoms with E-state index in [4.69, 9.17) is 4.42 Å². The Morgan fingerprint density at radius 3 is 2.25 bits per heavy atom. The summed E-state index contributed by atoms with van der Waals surface area (Å²) in [4.78, 5) is 16.3. The molecule has 0 N–H and O–H groups in total. The van der Waals surface area contributed by atoms with Crippen molar-refractivity contribution in [2.24, 2.45) is 11.8 Å². The largest absolute Gasteiger partial charge is 0.467 e. The van der Waals surface area contributed by atoms with E-state index in [0.717, 1.165) is 18.8 Å². The van der Waals surface area contributed by atoms with Gasteiger partial charge in [-0.2, -0.15) is 0 Å². The molecule has 4 nitrogen and oxygen atoms in total. The van der Waals surface area contributed by atoms with Gasteiger partial charge in [0.25, 0.3) is 0 Å². The minimum atomic E-state index is 0.141. The monoisotopic (exact) mass is 280 g/mol. The zero-order valence-corrected chi connectivity index (χ0v) is 13.4. The van der Waals surface area contributed by atoms with E-state index in [2.05, 4.69) is 32.6 Å². The van der Waals surface area contributed by atoms with Crippen molar-refractivity contribution >= 4 is 5.91 Å². The van der Waals surface area contributed by atoms with Crippen molar-refractivity contribution < 1.29 is 9.21 Å². The van der Waals surface area contributed by atoms with Crippen molar-refractivity contribution in [2.45, 2.75) is 34.2 Å². The highest BCUT2D eigenvalue weighted by Gasteiger charge is 2.17. The van der Waals surface area contributed by atoms with Gasteiger partial charge in [-0.3, -0.25) is 9.69 Å². The first kappa shape index (κ1) is 16.8. The maximum atomic E-state index is 12.3. The molecule has 0 fully saturated rings. The van der Waals surface area contributed by atoms with Crippen molar-refractivity contribution in [1.82, 2.24) is 9.80 Å². The van der Waals surface area contributed by atoms with E-state index < -0.39 is 0 Å². The van der Waals surface area contributed by atoms with E-state index in [0.29, 0.717) is 24.9 Å². The Hall–Kier alpha value is -1.29. The van der Waals surface area contributed by atoms with Crippen LogP contribution in [0.15, 0.2) is 22.8 Å². The first-order chi connectivity index (χ1) is 9.38. The predicted molar refractivity (Wildman–Crippen MR) is 81.3 cm³/mol. The molecule has 0 aromatic carbocycles. The molecule has 1 heterocycles. The molecule has 0 atom stereocenters. The molecule has 0 radical (unpaired) electrons. The number of nitrogens with zero attached hydrogens (tertiary/aromatic N) is 2. The van der Waals surface area contributed by atoms with Gasteiger partial charge in [0.15, 0.2) is 0 Å². The minimum absolute atomic E-state index is 0.141. The number of carbonyl (C=O) groups is 1. The fourth-order valence-corrected chi connectivity index (χ4v) is 2.27. The third-order valence-electron chi connectivity index (χ3n) is 3.00. The molecule has 0 bridgehead atoms. The van der Waals surface area contributed by atoms with Gasteiger partial charge in [0.05, 0.1) is 19.4 Å². The maximum Gasteiger partial charge on any atom is 0.236 e. The molecule has 0 aliphatic carbocycles. The highest BCUT2D eigenvalue weighted by molar-refractivity contribution is 5.77. The van der Waals surface area contributed by atoms with E-state index in [1.54, 1.807) is 11.2 Å². The first-order valence-corrected chi connectivity index (χ1v) is 7.37. The summed E-state index contributed by atoms with van der Waals surface area (Å²) in [5, 5.41) is 0.